The number of hydrogen-bond acceptors (Lipinski definition) is 0. The third kappa shape index (κ3) is 16.3. The van der Waals surface area contributed by atoms with Crippen molar-refractivity contribution in [2.45, 2.75) is 47.0 Å². The van der Waals surface area contributed by atoms with Crippen LogP contribution in [0.5, 0.6) is 0 Å². The Hall–Kier alpha value is -1.74. The first kappa shape index (κ1) is 19.6. The second kappa shape index (κ2) is 16.3. The molecule has 0 amide bonds. The minimum absolute atomic E-state index is 1.25. The van der Waals surface area contributed by atoms with Gasteiger partial charge >= 0.3 is 0 Å². The summed E-state index contributed by atoms with van der Waals surface area (Å²) in [6.07, 6.45) is 18.2. The van der Waals surface area contributed by atoms with Crippen molar-refractivity contribution >= 4 is 0 Å². The van der Waals surface area contributed by atoms with Crippen molar-refractivity contribution in [3.63, 3.8) is 0 Å². The molecule has 0 fully saturated rings. The van der Waals surface area contributed by atoms with Crippen LogP contribution in [-0.2, 0) is 0 Å². The third-order valence-corrected chi connectivity index (χ3v) is 2.44. The molecule has 0 saturated carbocycles. The van der Waals surface area contributed by atoms with E-state index in [0.717, 1.165) is 0 Å². The molecule has 0 spiro atoms. The lowest BCUT2D eigenvalue weighted by Gasteiger charge is -1.95. The average molecular weight is 256 g/mol. The van der Waals surface area contributed by atoms with E-state index in [0.29, 0.717) is 0 Å². The van der Waals surface area contributed by atoms with E-state index >= 15 is 0 Å². The maximum absolute atomic E-state index is 4.00. The lowest BCUT2D eigenvalue weighted by molar-refractivity contribution is 0.787. The summed E-state index contributed by atoms with van der Waals surface area (Å²) in [4.78, 5) is 0. The smallest absolute Gasteiger partial charge is 0.0320 e. The zero-order chi connectivity index (χ0) is 14.9. The summed E-state index contributed by atoms with van der Waals surface area (Å²) in [7, 11) is 0. The van der Waals surface area contributed by atoms with E-state index in [4.69, 9.17) is 0 Å². The predicted molar refractivity (Wildman–Crippen MR) is 89.2 cm³/mol. The van der Waals surface area contributed by atoms with Gasteiger partial charge < -0.3 is 0 Å². The fourth-order valence-corrected chi connectivity index (χ4v) is 1.33. The minimum Gasteiger partial charge on any atom is -0.124 e. The van der Waals surface area contributed by atoms with E-state index < -0.39 is 0 Å². The fraction of sp³-hybridized carbons (Fsp3) is 0.368. The van der Waals surface area contributed by atoms with Crippen molar-refractivity contribution in [3.05, 3.63) is 59.7 Å². The molecular formula is C19H28. The molecule has 1 aromatic rings. The summed E-state index contributed by atoms with van der Waals surface area (Å²) in [5, 5.41) is 0. The summed E-state index contributed by atoms with van der Waals surface area (Å²) in [6, 6.07) is 10.3. The molecular weight excluding hydrogens is 228 g/mol. The number of rotatable bonds is 4. The summed E-state index contributed by atoms with van der Waals surface area (Å²) in [6.45, 7) is 8.54. The van der Waals surface area contributed by atoms with E-state index in [9.17, 15) is 0 Å². The minimum atomic E-state index is 1.25. The second-order valence-electron chi connectivity index (χ2n) is 4.30. The highest BCUT2D eigenvalue weighted by molar-refractivity contribution is 5.11. The van der Waals surface area contributed by atoms with Gasteiger partial charge in [0.1, 0.15) is 0 Å². The molecule has 0 unspecified atom stereocenters. The van der Waals surface area contributed by atoms with Crippen LogP contribution >= 0.6 is 0 Å². The van der Waals surface area contributed by atoms with Gasteiger partial charge in [0.05, 0.1) is 0 Å². The van der Waals surface area contributed by atoms with Crippen LogP contribution in [0.15, 0.2) is 54.1 Å². The Bertz CT molecular complexity index is 352. The standard InChI is InChI=1S/C10H18.C7H8.C2H2/c1-4-6-8-10(3)9-7-5-2;1-7-5-3-2-4-6-7;1-2/h4,6,8H,5,7,9H2,1-3H3;2-6H,1H3;1-2H/b6-4-,10-8+;;. The first-order chi connectivity index (χ1) is 9.20. The number of hydrogen-bond donors (Lipinski definition) is 0. The SMILES string of the molecule is C#C.C/C=C\C=C(/C)CCCC.Cc1ccccc1. The zero-order valence-electron chi connectivity index (χ0n) is 12.9. The fourth-order valence-electron chi connectivity index (χ4n) is 1.33. The molecule has 0 heteroatoms. The van der Waals surface area contributed by atoms with E-state index in [2.05, 4.69) is 64.0 Å². The van der Waals surface area contributed by atoms with Crippen LogP contribution in [0.4, 0.5) is 0 Å². The van der Waals surface area contributed by atoms with Crippen LogP contribution < -0.4 is 0 Å². The topological polar surface area (TPSA) is 0 Å². The highest BCUT2D eigenvalue weighted by Gasteiger charge is 1.85. The lowest BCUT2D eigenvalue weighted by atomic mass is 10.1. The number of terminal acetylenes is 1. The molecule has 0 atom stereocenters. The monoisotopic (exact) mass is 256 g/mol. The Morgan fingerprint density at radius 3 is 2.11 bits per heavy atom. The van der Waals surface area contributed by atoms with Gasteiger partial charge in [0.15, 0.2) is 0 Å². The number of aryl methyl sites for hydroxylation is 1. The van der Waals surface area contributed by atoms with Gasteiger partial charge in [0.25, 0.3) is 0 Å². The molecule has 104 valence electrons. The van der Waals surface area contributed by atoms with Gasteiger partial charge in [0.2, 0.25) is 0 Å². The number of allylic oxidation sites excluding steroid dienone is 4. The zero-order valence-corrected chi connectivity index (χ0v) is 12.9. The Kier molecular flexibility index (Phi) is 16.8. The van der Waals surface area contributed by atoms with Crippen LogP contribution in [0, 0.1) is 19.8 Å². The molecule has 0 aliphatic heterocycles. The predicted octanol–water partition coefficient (Wildman–Crippen LogP) is 5.94. The van der Waals surface area contributed by atoms with Crippen molar-refractivity contribution in [3.8, 4) is 12.8 Å². The van der Waals surface area contributed by atoms with Gasteiger partial charge in [-0.05, 0) is 33.6 Å². The molecule has 1 aromatic carbocycles. The molecule has 19 heavy (non-hydrogen) atoms. The Balaban J connectivity index is 0. The van der Waals surface area contributed by atoms with E-state index in [1.54, 1.807) is 0 Å². The van der Waals surface area contributed by atoms with Crippen LogP contribution in [0.3, 0.4) is 0 Å². The first-order valence-electron chi connectivity index (χ1n) is 6.84. The molecule has 1 rings (SSSR count). The molecule has 0 bridgehead atoms. The van der Waals surface area contributed by atoms with Crippen LogP contribution in [0.2, 0.25) is 0 Å². The molecule has 0 aromatic heterocycles. The summed E-state index contributed by atoms with van der Waals surface area (Å²) >= 11 is 0. The molecule has 0 N–H and O–H groups in total. The van der Waals surface area contributed by atoms with Crippen molar-refractivity contribution in [1.82, 2.24) is 0 Å². The highest BCUT2D eigenvalue weighted by Crippen LogP contribution is 2.05. The summed E-state index contributed by atoms with van der Waals surface area (Å²) in [5.74, 6) is 0. The van der Waals surface area contributed by atoms with Gasteiger partial charge in [-0.2, -0.15) is 0 Å². The average Bonchev–Trinajstić information content (AvgIpc) is 2.46. The molecule has 0 aliphatic rings. The molecule has 0 heterocycles. The maximum atomic E-state index is 4.00. The Morgan fingerprint density at radius 2 is 1.74 bits per heavy atom. The molecule has 0 radical (unpaired) electrons. The Labute approximate surface area is 120 Å². The van der Waals surface area contributed by atoms with Crippen LogP contribution in [0.25, 0.3) is 0 Å². The first-order valence-corrected chi connectivity index (χ1v) is 6.84. The van der Waals surface area contributed by atoms with Crippen molar-refractivity contribution in [1.29, 1.82) is 0 Å². The van der Waals surface area contributed by atoms with Crippen LogP contribution in [0.1, 0.15) is 45.6 Å². The van der Waals surface area contributed by atoms with Crippen LogP contribution in [-0.4, -0.2) is 0 Å². The third-order valence-electron chi connectivity index (χ3n) is 2.44. The Morgan fingerprint density at radius 1 is 1.16 bits per heavy atom. The van der Waals surface area contributed by atoms with E-state index in [-0.39, 0.29) is 0 Å². The normalized spacial score (nSPS) is 10.1. The maximum Gasteiger partial charge on any atom is -0.0320 e. The van der Waals surface area contributed by atoms with Gasteiger partial charge in [-0.25, -0.2) is 0 Å². The summed E-state index contributed by atoms with van der Waals surface area (Å²) < 4.78 is 0. The van der Waals surface area contributed by atoms with Gasteiger partial charge in [0, 0.05) is 0 Å². The van der Waals surface area contributed by atoms with Crippen molar-refractivity contribution < 1.29 is 0 Å². The van der Waals surface area contributed by atoms with E-state index in [1.165, 1.54) is 30.4 Å². The van der Waals surface area contributed by atoms with Gasteiger partial charge in [-0.15, -0.1) is 12.8 Å². The summed E-state index contributed by atoms with van der Waals surface area (Å²) in [5.41, 5.74) is 2.81. The van der Waals surface area contributed by atoms with E-state index in [1.807, 2.05) is 25.1 Å². The molecule has 0 nitrogen and oxygen atoms in total. The number of benzene rings is 1. The highest BCUT2D eigenvalue weighted by atomic mass is 13.9. The number of unbranched alkanes of at least 4 members (excludes halogenated alkanes) is 1. The lowest BCUT2D eigenvalue weighted by Crippen LogP contribution is -1.75. The van der Waals surface area contributed by atoms with Crippen molar-refractivity contribution in [2.75, 3.05) is 0 Å². The van der Waals surface area contributed by atoms with Crippen molar-refractivity contribution in [2.24, 2.45) is 0 Å². The largest absolute Gasteiger partial charge is 0.124 e. The second-order valence-corrected chi connectivity index (χ2v) is 4.30. The van der Waals surface area contributed by atoms with Gasteiger partial charge in [-0.1, -0.05) is 73.0 Å². The molecule has 0 saturated heterocycles. The van der Waals surface area contributed by atoms with Gasteiger partial charge in [-0.3, -0.25) is 0 Å². The quantitative estimate of drug-likeness (QED) is 0.461. The molecule has 0 aliphatic carbocycles.